The number of hydrogen-bond acceptors (Lipinski definition) is 4. The van der Waals surface area contributed by atoms with Crippen molar-refractivity contribution in [2.45, 2.75) is 6.61 Å². The Labute approximate surface area is 200 Å². The van der Waals surface area contributed by atoms with Gasteiger partial charge in [-0.25, -0.2) is 0 Å². The van der Waals surface area contributed by atoms with Gasteiger partial charge in [-0.1, -0.05) is 59.1 Å². The summed E-state index contributed by atoms with van der Waals surface area (Å²) in [7, 11) is 1.50. The molecule has 0 aromatic heterocycles. The molecule has 1 amide bonds. The van der Waals surface area contributed by atoms with E-state index >= 15 is 0 Å². The molecule has 3 aromatic carbocycles. The summed E-state index contributed by atoms with van der Waals surface area (Å²) in [6.07, 6.45) is 1.43. The first-order valence-corrected chi connectivity index (χ1v) is 10.5. The van der Waals surface area contributed by atoms with E-state index in [4.69, 9.17) is 44.3 Å². The van der Waals surface area contributed by atoms with Gasteiger partial charge >= 0.3 is 0 Å². The molecule has 0 unspecified atom stereocenters. The van der Waals surface area contributed by atoms with Gasteiger partial charge in [-0.15, -0.1) is 0 Å². The zero-order chi connectivity index (χ0) is 23.1. The van der Waals surface area contributed by atoms with Gasteiger partial charge in [-0.05, 0) is 42.5 Å². The van der Waals surface area contributed by atoms with Crippen molar-refractivity contribution < 1.29 is 14.3 Å². The van der Waals surface area contributed by atoms with Crippen LogP contribution < -0.4 is 14.8 Å². The highest BCUT2D eigenvalue weighted by molar-refractivity contribution is 6.35. The smallest absolute Gasteiger partial charge is 0.266 e. The van der Waals surface area contributed by atoms with Crippen LogP contribution in [0.15, 0.2) is 66.2 Å². The summed E-state index contributed by atoms with van der Waals surface area (Å²) in [6, 6.07) is 18.8. The topological polar surface area (TPSA) is 71.3 Å². The monoisotopic (exact) mass is 486 g/mol. The number of rotatable bonds is 7. The molecule has 3 rings (SSSR count). The Hall–Kier alpha value is -3.17. The number of ether oxygens (including phenoxy) is 2. The van der Waals surface area contributed by atoms with Gasteiger partial charge in [0.1, 0.15) is 18.2 Å². The number of amides is 1. The summed E-state index contributed by atoms with van der Waals surface area (Å²) in [6.45, 7) is 0.133. The molecular formula is C24H17Cl3N2O3. The molecule has 0 aliphatic rings. The zero-order valence-electron chi connectivity index (χ0n) is 16.9. The molecule has 0 saturated carbocycles. The number of nitrogens with zero attached hydrogens (tertiary/aromatic N) is 1. The highest BCUT2D eigenvalue weighted by atomic mass is 35.5. The lowest BCUT2D eigenvalue weighted by Gasteiger charge is -2.14. The predicted molar refractivity (Wildman–Crippen MR) is 127 cm³/mol. The van der Waals surface area contributed by atoms with Crippen LogP contribution in [0, 0.1) is 11.3 Å². The van der Waals surface area contributed by atoms with Crippen LogP contribution in [-0.2, 0) is 11.4 Å². The van der Waals surface area contributed by atoms with E-state index in [1.54, 1.807) is 60.7 Å². The van der Waals surface area contributed by atoms with E-state index in [0.717, 1.165) is 5.56 Å². The van der Waals surface area contributed by atoms with E-state index in [2.05, 4.69) is 5.32 Å². The highest BCUT2D eigenvalue weighted by Gasteiger charge is 2.15. The maximum atomic E-state index is 12.6. The number of hydrogen-bond donors (Lipinski definition) is 1. The first-order chi connectivity index (χ1) is 15.4. The van der Waals surface area contributed by atoms with E-state index < -0.39 is 5.91 Å². The van der Waals surface area contributed by atoms with E-state index in [1.807, 2.05) is 6.07 Å². The lowest BCUT2D eigenvalue weighted by molar-refractivity contribution is -0.112. The molecule has 32 heavy (non-hydrogen) atoms. The molecule has 3 aromatic rings. The summed E-state index contributed by atoms with van der Waals surface area (Å²) < 4.78 is 11.4. The van der Waals surface area contributed by atoms with Crippen molar-refractivity contribution >= 4 is 52.5 Å². The molecule has 0 bridgehead atoms. The Morgan fingerprint density at radius 2 is 1.81 bits per heavy atom. The fourth-order valence-corrected chi connectivity index (χ4v) is 3.47. The average Bonchev–Trinajstić information content (AvgIpc) is 2.77. The predicted octanol–water partition coefficient (Wildman–Crippen LogP) is 6.78. The second-order valence-corrected chi connectivity index (χ2v) is 7.82. The van der Waals surface area contributed by atoms with Crippen LogP contribution in [0.5, 0.6) is 11.5 Å². The van der Waals surface area contributed by atoms with Crippen LogP contribution in [0.4, 0.5) is 5.69 Å². The molecule has 0 aliphatic heterocycles. The van der Waals surface area contributed by atoms with Crippen molar-refractivity contribution in [2.24, 2.45) is 0 Å². The van der Waals surface area contributed by atoms with Crippen LogP contribution in [0.2, 0.25) is 15.1 Å². The van der Waals surface area contributed by atoms with Crippen LogP contribution in [0.3, 0.4) is 0 Å². The fourth-order valence-electron chi connectivity index (χ4n) is 2.82. The average molecular weight is 488 g/mol. The molecule has 162 valence electrons. The lowest BCUT2D eigenvalue weighted by atomic mass is 10.1. The number of carbonyl (C=O) groups excluding carboxylic acids is 1. The fraction of sp³-hybridized carbons (Fsp3) is 0.0833. The van der Waals surface area contributed by atoms with Gasteiger partial charge in [0.2, 0.25) is 0 Å². The number of halogens is 3. The molecule has 0 radical (unpaired) electrons. The summed E-state index contributed by atoms with van der Waals surface area (Å²) in [4.78, 5) is 12.6. The lowest BCUT2D eigenvalue weighted by Crippen LogP contribution is -2.13. The van der Waals surface area contributed by atoms with Crippen molar-refractivity contribution in [3.05, 3.63) is 92.4 Å². The number of anilines is 1. The summed E-state index contributed by atoms with van der Waals surface area (Å²) in [5.41, 5.74) is 1.57. The Balaban J connectivity index is 1.89. The van der Waals surface area contributed by atoms with E-state index in [0.29, 0.717) is 37.8 Å². The number of methoxy groups -OCH3 is 1. The van der Waals surface area contributed by atoms with Gasteiger partial charge in [-0.2, -0.15) is 5.26 Å². The number of benzene rings is 3. The largest absolute Gasteiger partial charge is 0.493 e. The minimum absolute atomic E-state index is 0.118. The molecule has 8 heteroatoms. The van der Waals surface area contributed by atoms with Gasteiger partial charge in [0.05, 0.1) is 7.11 Å². The summed E-state index contributed by atoms with van der Waals surface area (Å²) >= 11 is 18.1. The number of nitriles is 1. The number of carbonyl (C=O) groups is 1. The van der Waals surface area contributed by atoms with E-state index in [9.17, 15) is 10.1 Å². The van der Waals surface area contributed by atoms with E-state index in [1.165, 1.54) is 13.2 Å². The Bertz CT molecular complexity index is 1220. The first-order valence-electron chi connectivity index (χ1n) is 9.33. The van der Waals surface area contributed by atoms with Gasteiger partial charge < -0.3 is 14.8 Å². The van der Waals surface area contributed by atoms with E-state index in [-0.39, 0.29) is 12.2 Å². The molecule has 0 spiro atoms. The summed E-state index contributed by atoms with van der Waals surface area (Å²) in [5, 5.41) is 13.7. The maximum Gasteiger partial charge on any atom is 0.266 e. The minimum atomic E-state index is -0.579. The molecule has 0 fully saturated rings. The molecule has 0 aliphatic carbocycles. The van der Waals surface area contributed by atoms with Crippen molar-refractivity contribution in [3.8, 4) is 17.6 Å². The molecule has 1 N–H and O–H groups in total. The van der Waals surface area contributed by atoms with Crippen molar-refractivity contribution in [1.82, 2.24) is 0 Å². The second kappa shape index (κ2) is 10.9. The normalized spacial score (nSPS) is 10.9. The molecule has 0 atom stereocenters. The number of para-hydroxylation sites is 1. The van der Waals surface area contributed by atoms with Crippen molar-refractivity contribution in [2.75, 3.05) is 12.4 Å². The van der Waals surface area contributed by atoms with Gasteiger partial charge in [-0.3, -0.25) is 4.79 Å². The van der Waals surface area contributed by atoms with Gasteiger partial charge in [0.25, 0.3) is 5.91 Å². The van der Waals surface area contributed by atoms with Gasteiger partial charge in [0.15, 0.2) is 11.5 Å². The summed E-state index contributed by atoms with van der Waals surface area (Å²) in [5.74, 6) is 0.227. The molecular weight excluding hydrogens is 471 g/mol. The first kappa shape index (κ1) is 23.5. The number of nitrogens with one attached hydrogen (secondary N) is 1. The molecule has 0 heterocycles. The van der Waals surface area contributed by atoms with Crippen LogP contribution in [0.1, 0.15) is 11.1 Å². The van der Waals surface area contributed by atoms with Crippen molar-refractivity contribution in [1.29, 1.82) is 5.26 Å². The standard InChI is InChI=1S/C24H17Cl3N2O3/c1-31-22-7-2-4-15(23(22)32-14-16-8-9-19(26)12-21(16)27)10-17(13-28)24(30)29-20-6-3-5-18(25)11-20/h2-12H,14H2,1H3,(H,29,30)/b17-10+. The third kappa shape index (κ3) is 5.95. The zero-order valence-corrected chi connectivity index (χ0v) is 19.1. The minimum Gasteiger partial charge on any atom is -0.493 e. The second-order valence-electron chi connectivity index (χ2n) is 6.54. The Kier molecular flexibility index (Phi) is 8.02. The third-order valence-electron chi connectivity index (χ3n) is 4.36. The Morgan fingerprint density at radius 3 is 2.50 bits per heavy atom. The van der Waals surface area contributed by atoms with Crippen LogP contribution in [-0.4, -0.2) is 13.0 Å². The maximum absolute atomic E-state index is 12.6. The Morgan fingerprint density at radius 1 is 1.06 bits per heavy atom. The van der Waals surface area contributed by atoms with Crippen LogP contribution >= 0.6 is 34.8 Å². The van der Waals surface area contributed by atoms with Crippen molar-refractivity contribution in [3.63, 3.8) is 0 Å². The third-order valence-corrected chi connectivity index (χ3v) is 5.19. The molecule has 0 saturated heterocycles. The molecule has 5 nitrogen and oxygen atoms in total. The van der Waals surface area contributed by atoms with Crippen LogP contribution in [0.25, 0.3) is 6.08 Å². The quantitative estimate of drug-likeness (QED) is 0.294. The van der Waals surface area contributed by atoms with Gasteiger partial charge in [0, 0.05) is 31.9 Å². The SMILES string of the molecule is COc1cccc(/C=C(\C#N)C(=O)Nc2cccc(Cl)c2)c1OCc1ccc(Cl)cc1Cl. The highest BCUT2D eigenvalue weighted by Crippen LogP contribution is 2.34.